The summed E-state index contributed by atoms with van der Waals surface area (Å²) in [7, 11) is 0. The van der Waals surface area contributed by atoms with Crippen LogP contribution in [0.4, 0.5) is 17.2 Å². The number of ether oxygens (including phenoxy) is 4. The van der Waals surface area contributed by atoms with Crippen LogP contribution in [0.1, 0.15) is 34.6 Å². The molecule has 2 aromatic carbocycles. The maximum absolute atomic E-state index is 13.0. The summed E-state index contributed by atoms with van der Waals surface area (Å²) < 4.78 is 23.3. The van der Waals surface area contributed by atoms with Crippen LogP contribution in [-0.4, -0.2) is 62.1 Å². The first-order valence-corrected chi connectivity index (χ1v) is 14.4. The van der Waals surface area contributed by atoms with E-state index < -0.39 is 0 Å². The first-order valence-electron chi connectivity index (χ1n) is 13.6. The number of hydrogen-bond donors (Lipinski definition) is 1. The third-order valence-corrected chi connectivity index (χ3v) is 7.82. The highest BCUT2D eigenvalue weighted by molar-refractivity contribution is 7.20. The topological polar surface area (TPSA) is 95.0 Å². The standard InChI is InChI=1S/C30H34N4O5S/c1-4-37-24-18-23(34-12-15-36-16-13-34)25(38-5-2)17-22(24)33-28-26-20(3)27(40-29(26)32-19-31-28)30(35)39-14-11-21-9-7-6-8-10-21/h6-10,17-19H,4-5,11-16H2,1-3H3,(H,31,32,33). The van der Waals surface area contributed by atoms with Crippen LogP contribution in [0.3, 0.4) is 0 Å². The number of rotatable bonds is 11. The Hall–Kier alpha value is -3.89. The van der Waals surface area contributed by atoms with Gasteiger partial charge in [-0.05, 0) is 31.9 Å². The number of aromatic nitrogens is 2. The largest absolute Gasteiger partial charge is 0.492 e. The summed E-state index contributed by atoms with van der Waals surface area (Å²) in [6.07, 6.45) is 2.16. The smallest absolute Gasteiger partial charge is 0.348 e. The first kappa shape index (κ1) is 27.7. The molecule has 1 saturated heterocycles. The van der Waals surface area contributed by atoms with Crippen LogP contribution >= 0.6 is 11.3 Å². The van der Waals surface area contributed by atoms with Crippen molar-refractivity contribution in [3.05, 3.63) is 64.8 Å². The van der Waals surface area contributed by atoms with E-state index in [1.807, 2.05) is 63.2 Å². The number of esters is 1. The lowest BCUT2D eigenvalue weighted by Crippen LogP contribution is -2.36. The average Bonchev–Trinajstić information content (AvgIpc) is 3.32. The van der Waals surface area contributed by atoms with Crippen molar-refractivity contribution in [2.24, 2.45) is 0 Å². The van der Waals surface area contributed by atoms with E-state index in [0.29, 0.717) is 60.7 Å². The number of nitrogens with zero attached hydrogens (tertiary/aromatic N) is 3. The van der Waals surface area contributed by atoms with Gasteiger partial charge in [0.15, 0.2) is 0 Å². The van der Waals surface area contributed by atoms with E-state index in [1.54, 1.807) is 0 Å². The molecular formula is C30H34N4O5S. The fourth-order valence-electron chi connectivity index (χ4n) is 4.70. The number of thiophene rings is 1. The van der Waals surface area contributed by atoms with Gasteiger partial charge in [0, 0.05) is 31.6 Å². The Morgan fingerprint density at radius 1 is 1.05 bits per heavy atom. The summed E-state index contributed by atoms with van der Waals surface area (Å²) in [4.78, 5) is 25.5. The molecule has 3 heterocycles. The Morgan fingerprint density at radius 3 is 2.55 bits per heavy atom. The van der Waals surface area contributed by atoms with Gasteiger partial charge >= 0.3 is 5.97 Å². The van der Waals surface area contributed by atoms with Crippen LogP contribution in [0.2, 0.25) is 0 Å². The van der Waals surface area contributed by atoms with E-state index in [4.69, 9.17) is 18.9 Å². The van der Waals surface area contributed by atoms with Crippen molar-refractivity contribution < 1.29 is 23.7 Å². The molecule has 5 rings (SSSR count). The molecule has 1 aliphatic heterocycles. The fourth-order valence-corrected chi connectivity index (χ4v) is 5.75. The van der Waals surface area contributed by atoms with Gasteiger partial charge in [0.05, 0.1) is 49.8 Å². The van der Waals surface area contributed by atoms with E-state index in [9.17, 15) is 4.79 Å². The van der Waals surface area contributed by atoms with E-state index in [2.05, 4.69) is 20.2 Å². The molecule has 0 atom stereocenters. The quantitative estimate of drug-likeness (QED) is 0.228. The molecule has 9 nitrogen and oxygen atoms in total. The molecule has 2 aromatic heterocycles. The lowest BCUT2D eigenvalue weighted by atomic mass is 10.1. The van der Waals surface area contributed by atoms with Gasteiger partial charge in [0.25, 0.3) is 0 Å². The highest BCUT2D eigenvalue weighted by Crippen LogP contribution is 2.42. The average molecular weight is 563 g/mol. The molecule has 40 heavy (non-hydrogen) atoms. The molecule has 4 aromatic rings. The van der Waals surface area contributed by atoms with Crippen LogP contribution in [0.25, 0.3) is 10.2 Å². The van der Waals surface area contributed by atoms with Crippen molar-refractivity contribution in [2.75, 3.05) is 56.3 Å². The molecule has 0 spiro atoms. The van der Waals surface area contributed by atoms with Crippen molar-refractivity contribution in [2.45, 2.75) is 27.2 Å². The summed E-state index contributed by atoms with van der Waals surface area (Å²) in [6.45, 7) is 10.1. The zero-order valence-corrected chi connectivity index (χ0v) is 23.9. The second-order valence-corrected chi connectivity index (χ2v) is 10.2. The van der Waals surface area contributed by atoms with E-state index in [1.165, 1.54) is 17.7 Å². The highest BCUT2D eigenvalue weighted by atomic mass is 32.1. The predicted octanol–water partition coefficient (Wildman–Crippen LogP) is 5.78. The SMILES string of the molecule is CCOc1cc(N2CCOCC2)c(OCC)cc1Nc1ncnc2sc(C(=O)OCCc3ccccc3)c(C)c12. The number of nitrogens with one attached hydrogen (secondary N) is 1. The van der Waals surface area contributed by atoms with E-state index >= 15 is 0 Å². The lowest BCUT2D eigenvalue weighted by molar-refractivity contribution is 0.0514. The molecule has 1 aliphatic rings. The predicted molar refractivity (Wildman–Crippen MR) is 158 cm³/mol. The van der Waals surface area contributed by atoms with Crippen LogP contribution in [0.15, 0.2) is 48.8 Å². The zero-order chi connectivity index (χ0) is 27.9. The third kappa shape index (κ3) is 6.13. The zero-order valence-electron chi connectivity index (χ0n) is 23.1. The van der Waals surface area contributed by atoms with Crippen LogP contribution in [0, 0.1) is 6.92 Å². The molecule has 0 unspecified atom stereocenters. The van der Waals surface area contributed by atoms with Gasteiger partial charge in [-0.2, -0.15) is 0 Å². The van der Waals surface area contributed by atoms with Gasteiger partial charge in [-0.1, -0.05) is 30.3 Å². The van der Waals surface area contributed by atoms with Crippen molar-refractivity contribution in [1.82, 2.24) is 9.97 Å². The molecule has 0 aliphatic carbocycles. The minimum atomic E-state index is -0.356. The number of anilines is 3. The first-order chi connectivity index (χ1) is 19.6. The van der Waals surface area contributed by atoms with E-state index in [0.717, 1.165) is 46.7 Å². The molecule has 0 amide bonds. The van der Waals surface area contributed by atoms with Gasteiger partial charge in [-0.3, -0.25) is 0 Å². The summed E-state index contributed by atoms with van der Waals surface area (Å²) in [5, 5.41) is 4.22. The molecule has 10 heteroatoms. The maximum atomic E-state index is 13.0. The molecule has 1 N–H and O–H groups in total. The lowest BCUT2D eigenvalue weighted by Gasteiger charge is -2.31. The summed E-state index contributed by atoms with van der Waals surface area (Å²) >= 11 is 1.31. The fraction of sp³-hybridized carbons (Fsp3) is 0.367. The van der Waals surface area contributed by atoms with Crippen molar-refractivity contribution in [3.8, 4) is 11.5 Å². The molecule has 0 radical (unpaired) electrons. The Bertz CT molecular complexity index is 1450. The molecule has 0 saturated carbocycles. The summed E-state index contributed by atoms with van der Waals surface area (Å²) in [6, 6.07) is 13.9. The second kappa shape index (κ2) is 13.0. The minimum absolute atomic E-state index is 0.306. The van der Waals surface area contributed by atoms with Gasteiger partial charge in [0.1, 0.15) is 33.4 Å². The van der Waals surface area contributed by atoms with E-state index in [-0.39, 0.29) is 5.97 Å². The third-order valence-electron chi connectivity index (χ3n) is 6.64. The molecular weight excluding hydrogens is 528 g/mol. The maximum Gasteiger partial charge on any atom is 0.348 e. The number of fused-ring (bicyclic) bond motifs is 1. The van der Waals surface area contributed by atoms with Crippen LogP contribution in [0.5, 0.6) is 11.5 Å². The molecule has 210 valence electrons. The van der Waals surface area contributed by atoms with Crippen molar-refractivity contribution in [3.63, 3.8) is 0 Å². The number of benzene rings is 2. The minimum Gasteiger partial charge on any atom is -0.492 e. The Morgan fingerprint density at radius 2 is 1.80 bits per heavy atom. The highest BCUT2D eigenvalue weighted by Gasteiger charge is 2.23. The second-order valence-electron chi connectivity index (χ2n) is 9.24. The molecule has 0 bridgehead atoms. The van der Waals surface area contributed by atoms with Gasteiger partial charge in [0.2, 0.25) is 0 Å². The van der Waals surface area contributed by atoms with Crippen LogP contribution in [-0.2, 0) is 15.9 Å². The Balaban J connectivity index is 1.43. The number of carbonyl (C=O) groups excluding carboxylic acids is 1. The number of aryl methyl sites for hydroxylation is 1. The number of morpholine rings is 1. The Kier molecular flexibility index (Phi) is 8.98. The summed E-state index contributed by atoms with van der Waals surface area (Å²) in [5.74, 6) is 1.67. The summed E-state index contributed by atoms with van der Waals surface area (Å²) in [5.41, 5.74) is 3.59. The normalized spacial score (nSPS) is 13.3. The van der Waals surface area contributed by atoms with Gasteiger partial charge < -0.3 is 29.2 Å². The van der Waals surface area contributed by atoms with Crippen LogP contribution < -0.4 is 19.7 Å². The van der Waals surface area contributed by atoms with Gasteiger partial charge in [-0.25, -0.2) is 14.8 Å². The number of hydrogen-bond acceptors (Lipinski definition) is 10. The van der Waals surface area contributed by atoms with Crippen molar-refractivity contribution >= 4 is 44.7 Å². The monoisotopic (exact) mass is 562 g/mol. The van der Waals surface area contributed by atoms with Crippen molar-refractivity contribution in [1.29, 1.82) is 0 Å². The Labute approximate surface area is 238 Å². The van der Waals surface area contributed by atoms with Gasteiger partial charge in [-0.15, -0.1) is 11.3 Å². The molecule has 1 fully saturated rings. The number of carbonyl (C=O) groups is 1.